The standard InChI is InChI=1S/C14H20ClFN2/c1-3-13-9-18(10(2)7-17-13)8-11-4-5-12(15)6-14(11)16/h4-6,10,13,17H,3,7-9H2,1-2H3. The Bertz CT molecular complexity index is 411. The summed E-state index contributed by atoms with van der Waals surface area (Å²) in [7, 11) is 0. The third kappa shape index (κ3) is 3.22. The highest BCUT2D eigenvalue weighted by Gasteiger charge is 2.24. The molecule has 2 nitrogen and oxygen atoms in total. The van der Waals surface area contributed by atoms with E-state index in [0.29, 0.717) is 23.7 Å². The molecule has 0 amide bonds. The van der Waals surface area contributed by atoms with E-state index in [1.807, 2.05) is 0 Å². The number of piperazine rings is 1. The topological polar surface area (TPSA) is 15.3 Å². The molecule has 1 aromatic carbocycles. The predicted octanol–water partition coefficient (Wildman–Crippen LogP) is 3.05. The Hall–Kier alpha value is -0.640. The molecule has 0 bridgehead atoms. The minimum absolute atomic E-state index is 0.207. The van der Waals surface area contributed by atoms with E-state index in [1.54, 1.807) is 12.1 Å². The van der Waals surface area contributed by atoms with Crippen LogP contribution in [0.3, 0.4) is 0 Å². The summed E-state index contributed by atoms with van der Waals surface area (Å²) in [4.78, 5) is 2.33. The van der Waals surface area contributed by atoms with Gasteiger partial charge in [0.25, 0.3) is 0 Å². The summed E-state index contributed by atoms with van der Waals surface area (Å²) < 4.78 is 13.8. The van der Waals surface area contributed by atoms with Crippen molar-refractivity contribution in [1.82, 2.24) is 10.2 Å². The zero-order valence-corrected chi connectivity index (χ0v) is 11.7. The molecule has 0 saturated carbocycles. The summed E-state index contributed by atoms with van der Waals surface area (Å²) in [5.41, 5.74) is 0.725. The van der Waals surface area contributed by atoms with Crippen LogP contribution in [0.25, 0.3) is 0 Å². The van der Waals surface area contributed by atoms with Crippen LogP contribution in [0.1, 0.15) is 25.8 Å². The summed E-state index contributed by atoms with van der Waals surface area (Å²) in [6.07, 6.45) is 1.10. The first-order valence-electron chi connectivity index (χ1n) is 6.51. The van der Waals surface area contributed by atoms with Crippen LogP contribution in [-0.2, 0) is 6.54 Å². The number of nitrogens with zero attached hydrogens (tertiary/aromatic N) is 1. The largest absolute Gasteiger partial charge is 0.311 e. The van der Waals surface area contributed by atoms with Gasteiger partial charge in [-0.05, 0) is 25.5 Å². The lowest BCUT2D eigenvalue weighted by atomic mass is 10.1. The molecule has 1 aliphatic heterocycles. The molecule has 18 heavy (non-hydrogen) atoms. The Balaban J connectivity index is 2.07. The van der Waals surface area contributed by atoms with Crippen LogP contribution >= 0.6 is 11.6 Å². The van der Waals surface area contributed by atoms with E-state index >= 15 is 0 Å². The molecule has 0 aliphatic carbocycles. The number of benzene rings is 1. The van der Waals surface area contributed by atoms with E-state index in [1.165, 1.54) is 6.07 Å². The molecule has 2 unspecified atom stereocenters. The average Bonchev–Trinajstić information content (AvgIpc) is 2.35. The molecule has 4 heteroatoms. The molecule has 100 valence electrons. The van der Waals surface area contributed by atoms with E-state index < -0.39 is 0 Å². The molecule has 2 rings (SSSR count). The van der Waals surface area contributed by atoms with Crippen molar-refractivity contribution in [1.29, 1.82) is 0 Å². The summed E-state index contributed by atoms with van der Waals surface area (Å²) in [6, 6.07) is 5.87. The second kappa shape index (κ2) is 6.00. The Morgan fingerprint density at radius 1 is 1.50 bits per heavy atom. The molecule has 2 atom stereocenters. The third-order valence-corrected chi connectivity index (χ3v) is 3.90. The van der Waals surface area contributed by atoms with Gasteiger partial charge in [-0.25, -0.2) is 4.39 Å². The number of rotatable bonds is 3. The van der Waals surface area contributed by atoms with Crippen molar-refractivity contribution >= 4 is 11.6 Å². The second-order valence-corrected chi connectivity index (χ2v) is 5.46. The summed E-state index contributed by atoms with van der Waals surface area (Å²) in [5.74, 6) is -0.207. The maximum Gasteiger partial charge on any atom is 0.129 e. The zero-order chi connectivity index (χ0) is 13.1. The van der Waals surface area contributed by atoms with Gasteiger partial charge in [0, 0.05) is 42.3 Å². The molecule has 1 aromatic rings. The molecule has 1 saturated heterocycles. The molecule has 0 aromatic heterocycles. The molecule has 1 fully saturated rings. The highest BCUT2D eigenvalue weighted by atomic mass is 35.5. The van der Waals surface area contributed by atoms with Crippen molar-refractivity contribution in [2.75, 3.05) is 13.1 Å². The fourth-order valence-electron chi connectivity index (χ4n) is 2.36. The van der Waals surface area contributed by atoms with E-state index in [9.17, 15) is 4.39 Å². The molecule has 1 aliphatic rings. The maximum atomic E-state index is 13.8. The van der Waals surface area contributed by atoms with Gasteiger partial charge in [-0.3, -0.25) is 4.90 Å². The smallest absolute Gasteiger partial charge is 0.129 e. The van der Waals surface area contributed by atoms with Gasteiger partial charge in [-0.2, -0.15) is 0 Å². The van der Waals surface area contributed by atoms with Crippen LogP contribution in [0.5, 0.6) is 0 Å². The summed E-state index contributed by atoms with van der Waals surface area (Å²) in [6.45, 7) is 6.94. The van der Waals surface area contributed by atoms with Crippen molar-refractivity contribution in [2.45, 2.75) is 38.9 Å². The van der Waals surface area contributed by atoms with E-state index in [-0.39, 0.29) is 5.82 Å². The third-order valence-electron chi connectivity index (χ3n) is 3.66. The SMILES string of the molecule is CCC1CN(Cc2ccc(Cl)cc2F)C(C)CN1. The number of hydrogen-bond donors (Lipinski definition) is 1. The fourth-order valence-corrected chi connectivity index (χ4v) is 2.52. The lowest BCUT2D eigenvalue weighted by Crippen LogP contribution is -2.54. The number of nitrogens with one attached hydrogen (secondary N) is 1. The van der Waals surface area contributed by atoms with Crippen LogP contribution < -0.4 is 5.32 Å². The summed E-state index contributed by atoms with van der Waals surface area (Å²) in [5, 5.41) is 3.96. The molecule has 1 heterocycles. The molecular weight excluding hydrogens is 251 g/mol. The van der Waals surface area contributed by atoms with Crippen LogP contribution in [0.4, 0.5) is 4.39 Å². The van der Waals surface area contributed by atoms with E-state index in [4.69, 9.17) is 11.6 Å². The van der Waals surface area contributed by atoms with Gasteiger partial charge >= 0.3 is 0 Å². The first kappa shape index (κ1) is 13.8. The Morgan fingerprint density at radius 3 is 2.94 bits per heavy atom. The van der Waals surface area contributed by atoms with Gasteiger partial charge in [-0.1, -0.05) is 24.6 Å². The quantitative estimate of drug-likeness (QED) is 0.908. The summed E-state index contributed by atoms with van der Waals surface area (Å²) >= 11 is 5.77. The van der Waals surface area contributed by atoms with Crippen molar-refractivity contribution in [3.05, 3.63) is 34.6 Å². The predicted molar refractivity (Wildman–Crippen MR) is 73.4 cm³/mol. The molecule has 0 radical (unpaired) electrons. The zero-order valence-electron chi connectivity index (χ0n) is 10.9. The van der Waals surface area contributed by atoms with Crippen molar-refractivity contribution in [3.8, 4) is 0 Å². The highest BCUT2D eigenvalue weighted by Crippen LogP contribution is 2.19. The van der Waals surface area contributed by atoms with Crippen molar-refractivity contribution in [2.24, 2.45) is 0 Å². The number of hydrogen-bond acceptors (Lipinski definition) is 2. The van der Waals surface area contributed by atoms with Gasteiger partial charge in [0.15, 0.2) is 0 Å². The minimum atomic E-state index is -0.207. The average molecular weight is 271 g/mol. The van der Waals surface area contributed by atoms with Crippen molar-refractivity contribution in [3.63, 3.8) is 0 Å². The van der Waals surface area contributed by atoms with Gasteiger partial charge in [-0.15, -0.1) is 0 Å². The van der Waals surface area contributed by atoms with Gasteiger partial charge in [0.1, 0.15) is 5.82 Å². The Morgan fingerprint density at radius 2 is 2.28 bits per heavy atom. The first-order chi connectivity index (χ1) is 8.60. The van der Waals surface area contributed by atoms with E-state index in [0.717, 1.165) is 25.1 Å². The fraction of sp³-hybridized carbons (Fsp3) is 0.571. The number of halogens is 2. The molecule has 1 N–H and O–H groups in total. The molecule has 0 spiro atoms. The van der Waals surface area contributed by atoms with Crippen molar-refractivity contribution < 1.29 is 4.39 Å². The highest BCUT2D eigenvalue weighted by molar-refractivity contribution is 6.30. The van der Waals surface area contributed by atoms with Crippen LogP contribution in [0, 0.1) is 5.82 Å². The first-order valence-corrected chi connectivity index (χ1v) is 6.89. The van der Waals surface area contributed by atoms with Gasteiger partial charge in [0.2, 0.25) is 0 Å². The van der Waals surface area contributed by atoms with Gasteiger partial charge < -0.3 is 5.32 Å². The van der Waals surface area contributed by atoms with Crippen LogP contribution in [-0.4, -0.2) is 30.1 Å². The van der Waals surface area contributed by atoms with Gasteiger partial charge in [0.05, 0.1) is 0 Å². The second-order valence-electron chi connectivity index (χ2n) is 5.03. The monoisotopic (exact) mass is 270 g/mol. The Kier molecular flexibility index (Phi) is 4.60. The lowest BCUT2D eigenvalue weighted by Gasteiger charge is -2.38. The van der Waals surface area contributed by atoms with E-state index in [2.05, 4.69) is 24.1 Å². The van der Waals surface area contributed by atoms with Crippen LogP contribution in [0.15, 0.2) is 18.2 Å². The minimum Gasteiger partial charge on any atom is -0.311 e. The maximum absolute atomic E-state index is 13.8. The lowest BCUT2D eigenvalue weighted by molar-refractivity contribution is 0.130. The molecular formula is C14H20ClFN2. The Labute approximate surface area is 113 Å². The normalized spacial score (nSPS) is 25.3. The van der Waals surface area contributed by atoms with Crippen LogP contribution in [0.2, 0.25) is 5.02 Å².